The number of nitrogens with two attached hydrogens (primary N) is 1. The summed E-state index contributed by atoms with van der Waals surface area (Å²) in [4.78, 5) is 24.2. The highest BCUT2D eigenvalue weighted by Crippen LogP contribution is 2.22. The van der Waals surface area contributed by atoms with Crippen LogP contribution in [-0.4, -0.2) is 27.9 Å². The van der Waals surface area contributed by atoms with E-state index in [-0.39, 0.29) is 5.91 Å². The Labute approximate surface area is 111 Å². The van der Waals surface area contributed by atoms with Crippen molar-refractivity contribution >= 4 is 17.6 Å². The molecule has 1 saturated heterocycles. The highest BCUT2D eigenvalue weighted by molar-refractivity contribution is 5.87. The van der Waals surface area contributed by atoms with E-state index in [4.69, 9.17) is 10.8 Å². The zero-order valence-corrected chi connectivity index (χ0v) is 10.5. The molecule has 0 aromatic heterocycles. The number of benzene rings is 1. The molecule has 100 valence electrons. The maximum atomic E-state index is 11.7. The topological polar surface area (TPSA) is 83.6 Å². The number of nitrogens with zero attached hydrogens (tertiary/aromatic N) is 1. The Hall–Kier alpha value is -2.30. The van der Waals surface area contributed by atoms with Gasteiger partial charge in [-0.25, -0.2) is 4.79 Å². The van der Waals surface area contributed by atoms with Crippen molar-refractivity contribution in [2.75, 3.05) is 0 Å². The van der Waals surface area contributed by atoms with Crippen LogP contribution in [0.1, 0.15) is 24.0 Å². The lowest BCUT2D eigenvalue weighted by atomic mass is 10.1. The molecular formula is C14H16N2O3. The van der Waals surface area contributed by atoms with Gasteiger partial charge in [0.05, 0.1) is 0 Å². The minimum absolute atomic E-state index is 0.111. The number of likely N-dealkylation sites (tertiary alicyclic amines) is 1. The van der Waals surface area contributed by atoms with Crippen molar-refractivity contribution < 1.29 is 14.7 Å². The van der Waals surface area contributed by atoms with Crippen molar-refractivity contribution in [1.29, 1.82) is 0 Å². The smallest absolute Gasteiger partial charge is 0.326 e. The fourth-order valence-corrected chi connectivity index (χ4v) is 2.21. The molecular weight excluding hydrogens is 244 g/mol. The third-order valence-corrected chi connectivity index (χ3v) is 3.29. The molecule has 5 heteroatoms. The van der Waals surface area contributed by atoms with Crippen LogP contribution in [0.5, 0.6) is 0 Å². The number of rotatable bonds is 4. The highest BCUT2D eigenvalue weighted by Gasteiger charge is 2.35. The highest BCUT2D eigenvalue weighted by atomic mass is 16.4. The first-order chi connectivity index (χ1) is 8.99. The minimum atomic E-state index is -0.946. The van der Waals surface area contributed by atoms with E-state index in [1.165, 1.54) is 4.90 Å². The SMILES string of the molecule is C=C(N)c1ccc(CN2C(=O)CC[C@@H]2C(=O)O)cc1. The number of hydrogen-bond donors (Lipinski definition) is 2. The molecule has 0 unspecified atom stereocenters. The molecule has 0 radical (unpaired) electrons. The summed E-state index contributed by atoms with van der Waals surface area (Å²) in [6, 6.07) is 6.58. The molecule has 1 fully saturated rings. The number of amides is 1. The van der Waals surface area contributed by atoms with E-state index >= 15 is 0 Å². The molecule has 0 spiro atoms. The summed E-state index contributed by atoms with van der Waals surface area (Å²) in [6.45, 7) is 3.95. The van der Waals surface area contributed by atoms with Gasteiger partial charge in [-0.1, -0.05) is 30.8 Å². The van der Waals surface area contributed by atoms with E-state index in [2.05, 4.69) is 6.58 Å². The summed E-state index contributed by atoms with van der Waals surface area (Å²) in [5.74, 6) is -1.06. The largest absolute Gasteiger partial charge is 0.480 e. The van der Waals surface area contributed by atoms with Gasteiger partial charge in [0, 0.05) is 18.7 Å². The minimum Gasteiger partial charge on any atom is -0.480 e. The summed E-state index contributed by atoms with van der Waals surface area (Å²) >= 11 is 0. The first kappa shape index (κ1) is 13.1. The second-order valence-corrected chi connectivity index (χ2v) is 4.64. The molecule has 0 saturated carbocycles. The fraction of sp³-hybridized carbons (Fsp3) is 0.286. The Kier molecular flexibility index (Phi) is 3.55. The van der Waals surface area contributed by atoms with Gasteiger partial charge in [0.25, 0.3) is 0 Å². The van der Waals surface area contributed by atoms with Crippen LogP contribution in [0, 0.1) is 0 Å². The maximum Gasteiger partial charge on any atom is 0.326 e. The molecule has 1 heterocycles. The van der Waals surface area contributed by atoms with E-state index in [9.17, 15) is 9.59 Å². The molecule has 1 aliphatic heterocycles. The van der Waals surface area contributed by atoms with Crippen molar-refractivity contribution in [1.82, 2.24) is 4.90 Å². The first-order valence-electron chi connectivity index (χ1n) is 6.05. The summed E-state index contributed by atoms with van der Waals surface area (Å²) < 4.78 is 0. The van der Waals surface area contributed by atoms with Gasteiger partial charge < -0.3 is 15.7 Å². The van der Waals surface area contributed by atoms with Gasteiger partial charge in [-0.3, -0.25) is 4.79 Å². The summed E-state index contributed by atoms with van der Waals surface area (Å²) in [5.41, 5.74) is 7.76. The van der Waals surface area contributed by atoms with E-state index in [0.29, 0.717) is 25.1 Å². The Balaban J connectivity index is 2.13. The number of carboxylic acid groups (broad SMARTS) is 1. The van der Waals surface area contributed by atoms with Crippen LogP contribution in [0.25, 0.3) is 5.70 Å². The molecule has 1 amide bonds. The number of hydrogen-bond acceptors (Lipinski definition) is 3. The number of carbonyl (C=O) groups is 2. The van der Waals surface area contributed by atoms with Crippen molar-refractivity contribution in [3.63, 3.8) is 0 Å². The predicted molar refractivity (Wildman–Crippen MR) is 70.9 cm³/mol. The van der Waals surface area contributed by atoms with Gasteiger partial charge in [0.1, 0.15) is 6.04 Å². The van der Waals surface area contributed by atoms with E-state index < -0.39 is 12.0 Å². The Morgan fingerprint density at radius 3 is 2.58 bits per heavy atom. The van der Waals surface area contributed by atoms with Gasteiger partial charge in [-0.05, 0) is 17.5 Å². The third kappa shape index (κ3) is 2.76. The Morgan fingerprint density at radius 1 is 1.42 bits per heavy atom. The third-order valence-electron chi connectivity index (χ3n) is 3.29. The second kappa shape index (κ2) is 5.14. The van der Waals surface area contributed by atoms with Crippen LogP contribution in [0.4, 0.5) is 0 Å². The molecule has 0 bridgehead atoms. The van der Waals surface area contributed by atoms with Crippen LogP contribution >= 0.6 is 0 Å². The zero-order valence-electron chi connectivity index (χ0n) is 10.5. The van der Waals surface area contributed by atoms with E-state index in [1.807, 2.05) is 24.3 Å². The van der Waals surface area contributed by atoms with Crippen LogP contribution in [0.15, 0.2) is 30.8 Å². The summed E-state index contributed by atoms with van der Waals surface area (Å²) in [5, 5.41) is 9.07. The molecule has 19 heavy (non-hydrogen) atoms. The lowest BCUT2D eigenvalue weighted by Gasteiger charge is -2.21. The molecule has 5 nitrogen and oxygen atoms in total. The number of carboxylic acids is 1. The van der Waals surface area contributed by atoms with Gasteiger partial charge in [0.15, 0.2) is 0 Å². The molecule has 3 N–H and O–H groups in total. The summed E-state index contributed by atoms with van der Waals surface area (Å²) in [7, 11) is 0. The van der Waals surface area contributed by atoms with Crippen molar-refractivity contribution in [3.05, 3.63) is 42.0 Å². The summed E-state index contributed by atoms with van der Waals surface area (Å²) in [6.07, 6.45) is 0.681. The van der Waals surface area contributed by atoms with Gasteiger partial charge in [0.2, 0.25) is 5.91 Å². The van der Waals surface area contributed by atoms with E-state index in [1.54, 1.807) is 0 Å². The predicted octanol–water partition coefficient (Wildman–Crippen LogP) is 1.19. The van der Waals surface area contributed by atoms with Crippen molar-refractivity contribution in [3.8, 4) is 0 Å². The quantitative estimate of drug-likeness (QED) is 0.851. The van der Waals surface area contributed by atoms with Crippen molar-refractivity contribution in [2.24, 2.45) is 5.73 Å². The lowest BCUT2D eigenvalue weighted by molar-refractivity contribution is -0.146. The molecule has 2 rings (SSSR count). The van der Waals surface area contributed by atoms with Gasteiger partial charge >= 0.3 is 5.97 Å². The van der Waals surface area contributed by atoms with Gasteiger partial charge in [-0.15, -0.1) is 0 Å². The lowest BCUT2D eigenvalue weighted by Crippen LogP contribution is -2.37. The average molecular weight is 260 g/mol. The molecule has 1 aliphatic rings. The standard InChI is InChI=1S/C14H16N2O3/c1-9(15)11-4-2-10(3-5-11)8-16-12(14(18)19)6-7-13(16)17/h2-5,12H,1,6-8,15H2,(H,18,19)/t12-/m1/s1. The molecule has 0 aliphatic carbocycles. The van der Waals surface area contributed by atoms with Crippen LogP contribution < -0.4 is 5.73 Å². The first-order valence-corrected chi connectivity index (χ1v) is 6.05. The van der Waals surface area contributed by atoms with Crippen LogP contribution in [-0.2, 0) is 16.1 Å². The van der Waals surface area contributed by atoms with Crippen molar-refractivity contribution in [2.45, 2.75) is 25.4 Å². The zero-order chi connectivity index (χ0) is 14.0. The van der Waals surface area contributed by atoms with E-state index in [0.717, 1.165) is 11.1 Å². The van der Waals surface area contributed by atoms with Crippen LogP contribution in [0.3, 0.4) is 0 Å². The van der Waals surface area contributed by atoms with Gasteiger partial charge in [-0.2, -0.15) is 0 Å². The normalized spacial score (nSPS) is 18.6. The Bertz CT molecular complexity index is 522. The maximum absolute atomic E-state index is 11.7. The number of aliphatic carboxylic acids is 1. The molecule has 1 aromatic carbocycles. The van der Waals surface area contributed by atoms with Crippen LogP contribution in [0.2, 0.25) is 0 Å². The number of carbonyl (C=O) groups excluding carboxylic acids is 1. The monoisotopic (exact) mass is 260 g/mol. The Morgan fingerprint density at radius 2 is 2.05 bits per heavy atom. The molecule has 1 aromatic rings. The second-order valence-electron chi connectivity index (χ2n) is 4.64. The molecule has 1 atom stereocenters. The average Bonchev–Trinajstić information content (AvgIpc) is 2.72. The fourth-order valence-electron chi connectivity index (χ4n) is 2.21.